The Morgan fingerprint density at radius 1 is 0.952 bits per heavy atom. The van der Waals surface area contributed by atoms with Gasteiger partial charge in [0.15, 0.2) is 11.6 Å². The Balaban J connectivity index is 2.11. The highest BCUT2D eigenvalue weighted by atomic mass is 15.1. The summed E-state index contributed by atoms with van der Waals surface area (Å²) in [6.45, 7) is 2.00. The number of anilines is 4. The summed E-state index contributed by atoms with van der Waals surface area (Å²) >= 11 is 0. The van der Waals surface area contributed by atoms with Gasteiger partial charge in [0.2, 0.25) is 0 Å². The van der Waals surface area contributed by atoms with Gasteiger partial charge in [0.25, 0.3) is 0 Å². The van der Waals surface area contributed by atoms with Crippen LogP contribution in [0.2, 0.25) is 0 Å². The van der Waals surface area contributed by atoms with Crippen LogP contribution in [0.4, 0.5) is 23.0 Å². The molecule has 7 nitrogen and oxygen atoms in total. The van der Waals surface area contributed by atoms with Crippen LogP contribution in [0.5, 0.6) is 0 Å². The van der Waals surface area contributed by atoms with E-state index in [1.807, 2.05) is 25.1 Å². The molecule has 0 aliphatic carbocycles. The Morgan fingerprint density at radius 2 is 1.62 bits per heavy atom. The predicted octanol–water partition coefficient (Wildman–Crippen LogP) is 2.10. The lowest BCUT2D eigenvalue weighted by Gasteiger charge is -2.11. The molecule has 2 aromatic heterocycles. The highest BCUT2D eigenvalue weighted by molar-refractivity contribution is 5.93. The number of aromatic nitrogens is 4. The standard InChI is InChI=1S/C14H15N7/c1-8-3-4-9(15)5-10(8)21-14-12-11(17-7-20-14)13(16-2)19-6-18-12/h3-7H,15H2,1-2H3,(H,16,18,19)(H,17,20,21). The summed E-state index contributed by atoms with van der Waals surface area (Å²) in [5.41, 5.74) is 9.79. The van der Waals surface area contributed by atoms with Crippen LogP contribution in [0, 0.1) is 6.92 Å². The van der Waals surface area contributed by atoms with Crippen molar-refractivity contribution in [1.82, 2.24) is 19.9 Å². The quantitative estimate of drug-likeness (QED) is 0.632. The van der Waals surface area contributed by atoms with E-state index in [0.29, 0.717) is 28.4 Å². The molecule has 0 amide bonds. The molecule has 0 unspecified atom stereocenters. The Labute approximate surface area is 121 Å². The first-order chi connectivity index (χ1) is 10.2. The highest BCUT2D eigenvalue weighted by Crippen LogP contribution is 2.26. The average Bonchev–Trinajstić information content (AvgIpc) is 2.50. The number of benzene rings is 1. The van der Waals surface area contributed by atoms with Gasteiger partial charge in [0, 0.05) is 18.4 Å². The van der Waals surface area contributed by atoms with Crippen LogP contribution in [0.25, 0.3) is 11.0 Å². The van der Waals surface area contributed by atoms with Crippen LogP contribution in [-0.4, -0.2) is 27.0 Å². The molecule has 0 atom stereocenters. The second kappa shape index (κ2) is 5.20. The minimum Gasteiger partial charge on any atom is -0.399 e. The zero-order valence-electron chi connectivity index (χ0n) is 11.8. The fourth-order valence-electron chi connectivity index (χ4n) is 2.06. The first kappa shape index (κ1) is 13.0. The molecule has 3 aromatic rings. The lowest BCUT2D eigenvalue weighted by Crippen LogP contribution is -2.02. The number of hydrogen-bond donors (Lipinski definition) is 3. The molecule has 0 saturated heterocycles. The van der Waals surface area contributed by atoms with Crippen LogP contribution < -0.4 is 16.4 Å². The van der Waals surface area contributed by atoms with Gasteiger partial charge in [0.05, 0.1) is 0 Å². The first-order valence-electron chi connectivity index (χ1n) is 6.45. The lowest BCUT2D eigenvalue weighted by atomic mass is 10.2. The number of nitrogen functional groups attached to an aromatic ring is 1. The van der Waals surface area contributed by atoms with E-state index in [-0.39, 0.29) is 0 Å². The molecule has 0 radical (unpaired) electrons. The largest absolute Gasteiger partial charge is 0.399 e. The summed E-state index contributed by atoms with van der Waals surface area (Å²) < 4.78 is 0. The second-order valence-corrected chi connectivity index (χ2v) is 4.59. The number of nitrogens with one attached hydrogen (secondary N) is 2. The normalized spacial score (nSPS) is 10.6. The Morgan fingerprint density at radius 3 is 2.33 bits per heavy atom. The summed E-state index contributed by atoms with van der Waals surface area (Å²) in [6, 6.07) is 5.68. The smallest absolute Gasteiger partial charge is 0.160 e. The van der Waals surface area contributed by atoms with E-state index in [4.69, 9.17) is 5.73 Å². The lowest BCUT2D eigenvalue weighted by molar-refractivity contribution is 1.14. The summed E-state index contributed by atoms with van der Waals surface area (Å²) in [5, 5.41) is 6.25. The minimum atomic E-state index is 0.618. The van der Waals surface area contributed by atoms with Gasteiger partial charge in [0.1, 0.15) is 23.7 Å². The van der Waals surface area contributed by atoms with Crippen LogP contribution >= 0.6 is 0 Å². The van der Waals surface area contributed by atoms with Crippen LogP contribution in [0.15, 0.2) is 30.9 Å². The fraction of sp³-hybridized carbons (Fsp3) is 0.143. The molecule has 106 valence electrons. The molecule has 0 bridgehead atoms. The highest BCUT2D eigenvalue weighted by Gasteiger charge is 2.10. The molecule has 0 aliphatic heterocycles. The molecule has 2 heterocycles. The average molecular weight is 281 g/mol. The maximum absolute atomic E-state index is 5.83. The van der Waals surface area contributed by atoms with E-state index in [0.717, 1.165) is 11.3 Å². The molecule has 0 fully saturated rings. The summed E-state index contributed by atoms with van der Waals surface area (Å²) in [7, 11) is 1.79. The van der Waals surface area contributed by atoms with Crippen molar-refractivity contribution in [2.24, 2.45) is 0 Å². The monoisotopic (exact) mass is 281 g/mol. The van der Waals surface area contributed by atoms with Crippen molar-refractivity contribution in [3.63, 3.8) is 0 Å². The summed E-state index contributed by atoms with van der Waals surface area (Å²) in [5.74, 6) is 1.28. The minimum absolute atomic E-state index is 0.618. The molecule has 7 heteroatoms. The van der Waals surface area contributed by atoms with Crippen molar-refractivity contribution in [2.45, 2.75) is 6.92 Å². The Kier molecular flexibility index (Phi) is 3.23. The molecule has 1 aromatic carbocycles. The maximum Gasteiger partial charge on any atom is 0.160 e. The van der Waals surface area contributed by atoms with E-state index in [2.05, 4.69) is 30.6 Å². The second-order valence-electron chi connectivity index (χ2n) is 4.59. The predicted molar refractivity (Wildman–Crippen MR) is 83.5 cm³/mol. The zero-order chi connectivity index (χ0) is 14.8. The van der Waals surface area contributed by atoms with Crippen LogP contribution in [-0.2, 0) is 0 Å². The van der Waals surface area contributed by atoms with Gasteiger partial charge in [-0.1, -0.05) is 6.07 Å². The molecule has 4 N–H and O–H groups in total. The molecular formula is C14H15N7. The summed E-state index contributed by atoms with van der Waals surface area (Å²) in [4.78, 5) is 16.9. The van der Waals surface area contributed by atoms with Crippen molar-refractivity contribution in [1.29, 1.82) is 0 Å². The number of nitrogens with two attached hydrogens (primary N) is 1. The third-order valence-corrected chi connectivity index (χ3v) is 3.17. The van der Waals surface area contributed by atoms with Crippen molar-refractivity contribution >= 4 is 34.0 Å². The number of rotatable bonds is 3. The van der Waals surface area contributed by atoms with Gasteiger partial charge in [-0.3, -0.25) is 0 Å². The van der Waals surface area contributed by atoms with E-state index in [1.54, 1.807) is 7.05 Å². The molecular weight excluding hydrogens is 266 g/mol. The third-order valence-electron chi connectivity index (χ3n) is 3.17. The maximum atomic E-state index is 5.83. The molecule has 0 aliphatic rings. The van der Waals surface area contributed by atoms with Gasteiger partial charge in [-0.05, 0) is 24.6 Å². The van der Waals surface area contributed by atoms with E-state index < -0.39 is 0 Å². The van der Waals surface area contributed by atoms with Crippen LogP contribution in [0.1, 0.15) is 5.56 Å². The number of nitrogens with zero attached hydrogens (tertiary/aromatic N) is 4. The van der Waals surface area contributed by atoms with Gasteiger partial charge in [-0.2, -0.15) is 0 Å². The van der Waals surface area contributed by atoms with E-state index >= 15 is 0 Å². The third kappa shape index (κ3) is 2.40. The topological polar surface area (TPSA) is 102 Å². The molecule has 0 spiro atoms. The fourth-order valence-corrected chi connectivity index (χ4v) is 2.06. The number of hydrogen-bond acceptors (Lipinski definition) is 7. The van der Waals surface area contributed by atoms with E-state index in [9.17, 15) is 0 Å². The first-order valence-corrected chi connectivity index (χ1v) is 6.45. The number of aryl methyl sites for hydroxylation is 1. The van der Waals surface area contributed by atoms with E-state index in [1.165, 1.54) is 12.7 Å². The van der Waals surface area contributed by atoms with Gasteiger partial charge >= 0.3 is 0 Å². The Bertz CT molecular complexity index is 800. The summed E-state index contributed by atoms with van der Waals surface area (Å²) in [6.07, 6.45) is 2.96. The SMILES string of the molecule is CNc1ncnc2c(Nc3cc(N)ccc3C)ncnc12. The number of fused-ring (bicyclic) bond motifs is 1. The Hall–Kier alpha value is -2.96. The molecule has 0 saturated carbocycles. The van der Waals surface area contributed by atoms with Crippen molar-refractivity contribution in [3.05, 3.63) is 36.4 Å². The van der Waals surface area contributed by atoms with Crippen molar-refractivity contribution < 1.29 is 0 Å². The molecule has 21 heavy (non-hydrogen) atoms. The van der Waals surface area contributed by atoms with Gasteiger partial charge < -0.3 is 16.4 Å². The van der Waals surface area contributed by atoms with Gasteiger partial charge in [-0.15, -0.1) is 0 Å². The van der Waals surface area contributed by atoms with Gasteiger partial charge in [-0.25, -0.2) is 19.9 Å². The van der Waals surface area contributed by atoms with Crippen molar-refractivity contribution in [3.8, 4) is 0 Å². The van der Waals surface area contributed by atoms with Crippen LogP contribution in [0.3, 0.4) is 0 Å². The zero-order valence-corrected chi connectivity index (χ0v) is 11.8. The van der Waals surface area contributed by atoms with Crippen molar-refractivity contribution in [2.75, 3.05) is 23.4 Å². The molecule has 3 rings (SSSR count).